The molecule has 2 aliphatic heterocycles. The van der Waals surface area contributed by atoms with E-state index < -0.39 is 10.8 Å². The molecule has 0 radical (unpaired) electrons. The van der Waals surface area contributed by atoms with E-state index in [-0.39, 0.29) is 11.1 Å². The first-order valence-electron chi connectivity index (χ1n) is 48.6. The molecule has 144 heavy (non-hydrogen) atoms. The van der Waals surface area contributed by atoms with Gasteiger partial charge < -0.3 is 20.4 Å². The Morgan fingerprint density at radius 3 is 0.826 bits per heavy atom. The fourth-order valence-corrected chi connectivity index (χ4v) is 22.8. The summed E-state index contributed by atoms with van der Waals surface area (Å²) in [5.74, 6) is 2.67. The molecule has 0 fully saturated rings. The lowest BCUT2D eigenvalue weighted by Crippen LogP contribution is -2.28. The van der Waals surface area contributed by atoms with E-state index in [9.17, 15) is 10.5 Å². The Morgan fingerprint density at radius 1 is 0.229 bits per heavy atom. The highest BCUT2D eigenvalue weighted by atomic mass is 15.1. The normalized spacial score (nSPS) is 13.6. The van der Waals surface area contributed by atoms with Crippen molar-refractivity contribution in [2.24, 2.45) is 9.98 Å². The molecule has 22 aromatic rings. The zero-order chi connectivity index (χ0) is 95.8. The monoisotopic (exact) mass is 1830 g/mol. The SMILES string of the molecule is N#C/C(=C(/C#N)c1ccc(N(c2ccc(-c3ccccc3)cc2)c2ccc(-c3ccc(N=C4Nc5ccc(-c6cccc7c6-c6ccccc6C7(c6ccccc6)c6ccccc6)c6cccc4c56)nc3)cc2)cc1)c1ccc(N(c2ccc(-c3ccccc3)cc2)c2ccc(-c3ccc(N=C4Nc5ccc(-c6cccc7c6-c6ccccc6C7(c6ccccc6)c6ccccc6)c6cccc4c56)nc3)cc2)cc1. The number of nitrogens with one attached hydrogen (secondary N) is 2. The van der Waals surface area contributed by atoms with Crippen LogP contribution in [-0.4, -0.2) is 21.6 Å². The Kier molecular flexibility index (Phi) is 20.9. The summed E-state index contributed by atoms with van der Waals surface area (Å²) in [6.45, 7) is 0. The first-order chi connectivity index (χ1) is 71.3. The van der Waals surface area contributed by atoms with Crippen LogP contribution in [-0.2, 0) is 10.8 Å². The topological polar surface area (TPSA) is 129 Å². The number of pyridine rings is 2. The number of aliphatic imine (C=N–C) groups is 2. The van der Waals surface area contributed by atoms with Crippen LogP contribution in [0.15, 0.2) is 520 Å². The first-order valence-corrected chi connectivity index (χ1v) is 48.6. The number of nitrogens with zero attached hydrogens (tertiary/aromatic N) is 8. The third-order valence-corrected chi connectivity index (χ3v) is 29.3. The highest BCUT2D eigenvalue weighted by Crippen LogP contribution is 2.62. The molecule has 0 amide bonds. The predicted octanol–water partition coefficient (Wildman–Crippen LogP) is 33.4. The molecular formula is C134H86N10. The number of nitriles is 2. The third-order valence-electron chi connectivity index (χ3n) is 29.3. The summed E-state index contributed by atoms with van der Waals surface area (Å²) >= 11 is 0. The van der Waals surface area contributed by atoms with Gasteiger partial charge in [-0.15, -0.1) is 0 Å². The summed E-state index contributed by atoms with van der Waals surface area (Å²) < 4.78 is 0. The highest BCUT2D eigenvalue weighted by molar-refractivity contribution is 6.30. The van der Waals surface area contributed by atoms with Crippen LogP contribution < -0.4 is 20.4 Å². The molecule has 10 nitrogen and oxygen atoms in total. The van der Waals surface area contributed by atoms with Crippen molar-refractivity contribution in [2.45, 2.75) is 10.8 Å². The Morgan fingerprint density at radius 2 is 0.500 bits per heavy atom. The maximum atomic E-state index is 11.2. The minimum atomic E-state index is -0.515. The Labute approximate surface area is 835 Å². The summed E-state index contributed by atoms with van der Waals surface area (Å²) in [4.78, 5) is 24.8. The number of fused-ring (bicyclic) bond motifs is 6. The number of allylic oxidation sites excluding steroid dienone is 2. The van der Waals surface area contributed by atoms with Gasteiger partial charge in [0.05, 0.1) is 22.0 Å². The molecule has 4 aliphatic rings. The summed E-state index contributed by atoms with van der Waals surface area (Å²) in [6.07, 6.45) is 3.79. The molecule has 20 aromatic carbocycles. The summed E-state index contributed by atoms with van der Waals surface area (Å²) in [6, 6.07) is 181. The second-order valence-corrected chi connectivity index (χ2v) is 36.9. The van der Waals surface area contributed by atoms with Crippen LogP contribution >= 0.6 is 0 Å². The molecule has 2 N–H and O–H groups in total. The van der Waals surface area contributed by atoms with E-state index in [0.29, 0.717) is 22.8 Å². The molecule has 2 aliphatic carbocycles. The number of amidine groups is 2. The third kappa shape index (κ3) is 14.2. The number of hydrogen-bond donors (Lipinski definition) is 2. The van der Waals surface area contributed by atoms with E-state index in [0.717, 1.165) is 145 Å². The van der Waals surface area contributed by atoms with E-state index in [4.69, 9.17) is 20.0 Å². The largest absolute Gasteiger partial charge is 0.339 e. The molecule has 0 spiro atoms. The fourth-order valence-electron chi connectivity index (χ4n) is 22.8. The summed E-state index contributed by atoms with van der Waals surface area (Å²) in [7, 11) is 0. The van der Waals surface area contributed by atoms with E-state index in [1.54, 1.807) is 0 Å². The van der Waals surface area contributed by atoms with Gasteiger partial charge in [0.15, 0.2) is 11.6 Å². The van der Waals surface area contributed by atoms with Gasteiger partial charge in [-0.2, -0.15) is 10.5 Å². The van der Waals surface area contributed by atoms with Crippen LogP contribution in [0.3, 0.4) is 0 Å². The van der Waals surface area contributed by atoms with Gasteiger partial charge in [0.2, 0.25) is 0 Å². The lowest BCUT2D eigenvalue weighted by atomic mass is 9.67. The van der Waals surface area contributed by atoms with Crippen molar-refractivity contribution >= 4 is 101 Å². The molecule has 0 bridgehead atoms. The number of anilines is 8. The molecule has 0 atom stereocenters. The van der Waals surface area contributed by atoms with Crippen molar-refractivity contribution in [2.75, 3.05) is 20.4 Å². The standard InChI is InChI=1S/C134H86N10/c135-83-117(93-59-73-105(74-60-93)143(101-65-51-89(52-66-101)87-27-7-1-8-28-87)103-69-55-91(56-70-103)95-63-81-125(137-85-95)141-131-115-45-23-41-111-107(77-79-123(139-131)129(111)115)109-43-25-49-121-127(109)113-39-19-21-47-119(113)133(121,97-31-11-3-12-32-97)98-33-13-4-14-34-98)118(84-136)94-61-75-106(76-62-94)144(102-67-53-90(54-68-102)88-29-9-2-10-30-88)104-71-57-92(58-72-104)96-64-82-126(138-86-96)142-132-116-46-24-42-112-108(78-80-124(140-132)130(112)116)110-44-26-50-122-128(110)114-40-20-22-48-120(114)134(122,99-35-15-5-16-36-99)100-37-17-6-18-38-100/h1-82,85-86H,(H,137,139,141)(H,138,140,142)/b118-117+. The predicted molar refractivity (Wildman–Crippen MR) is 591 cm³/mol. The van der Waals surface area contributed by atoms with Crippen molar-refractivity contribution in [3.63, 3.8) is 0 Å². The number of aromatic nitrogens is 2. The van der Waals surface area contributed by atoms with Crippen molar-refractivity contribution < 1.29 is 0 Å². The van der Waals surface area contributed by atoms with Crippen LogP contribution in [0.1, 0.15) is 66.8 Å². The average Bonchev–Trinajstić information content (AvgIpc) is 1.55. The van der Waals surface area contributed by atoms with Gasteiger partial charge in [-0.1, -0.05) is 388 Å². The molecular weight excluding hydrogens is 1750 g/mol. The fraction of sp³-hybridized carbons (Fsp3) is 0.0149. The molecule has 10 heteroatoms. The van der Waals surface area contributed by atoms with E-state index >= 15 is 0 Å². The van der Waals surface area contributed by atoms with E-state index in [2.05, 4.69) is 457 Å². The van der Waals surface area contributed by atoms with Gasteiger partial charge >= 0.3 is 0 Å². The van der Waals surface area contributed by atoms with Crippen LogP contribution in [0.4, 0.5) is 57.1 Å². The Bertz CT molecular complexity index is 8370. The molecule has 26 rings (SSSR count). The number of hydrogen-bond acceptors (Lipinski definition) is 8. The van der Waals surface area contributed by atoms with Gasteiger partial charge in [-0.25, -0.2) is 20.0 Å². The van der Waals surface area contributed by atoms with Crippen LogP contribution in [0.5, 0.6) is 0 Å². The van der Waals surface area contributed by atoms with Crippen molar-refractivity contribution in [3.05, 3.63) is 577 Å². The zero-order valence-corrected chi connectivity index (χ0v) is 78.1. The minimum Gasteiger partial charge on any atom is -0.339 e. The highest BCUT2D eigenvalue weighted by Gasteiger charge is 2.49. The summed E-state index contributed by atoms with van der Waals surface area (Å²) in [5, 5.41) is 34.4. The second kappa shape index (κ2) is 35.5. The van der Waals surface area contributed by atoms with Crippen LogP contribution in [0.25, 0.3) is 122 Å². The lowest BCUT2D eigenvalue weighted by molar-refractivity contribution is 0.768. The Balaban J connectivity index is 0.467. The van der Waals surface area contributed by atoms with E-state index in [1.165, 1.54) is 77.9 Å². The van der Waals surface area contributed by atoms with Gasteiger partial charge in [0, 0.05) is 90.9 Å². The summed E-state index contributed by atoms with van der Waals surface area (Å²) in [5.41, 5.74) is 38.2. The Hall–Kier alpha value is -19.5. The maximum Gasteiger partial charge on any atom is 0.154 e. The molecule has 672 valence electrons. The number of rotatable bonds is 20. The quantitative estimate of drug-likeness (QED) is 0.0570. The van der Waals surface area contributed by atoms with Gasteiger partial charge in [0.1, 0.15) is 23.8 Å². The van der Waals surface area contributed by atoms with Gasteiger partial charge in [0.25, 0.3) is 0 Å². The van der Waals surface area contributed by atoms with Crippen molar-refractivity contribution in [3.8, 4) is 101 Å². The van der Waals surface area contributed by atoms with Crippen molar-refractivity contribution in [1.82, 2.24) is 9.97 Å². The van der Waals surface area contributed by atoms with Crippen LogP contribution in [0, 0.1) is 22.7 Å². The first kappa shape index (κ1) is 84.9. The molecule has 0 saturated carbocycles. The lowest BCUT2D eigenvalue weighted by Gasteiger charge is -2.34. The molecule has 0 saturated heterocycles. The minimum absolute atomic E-state index is 0.260. The van der Waals surface area contributed by atoms with Crippen LogP contribution in [0.2, 0.25) is 0 Å². The molecule has 4 heterocycles. The van der Waals surface area contributed by atoms with E-state index in [1.807, 2.05) is 85.2 Å². The maximum absolute atomic E-state index is 11.2. The van der Waals surface area contributed by atoms with Crippen molar-refractivity contribution in [1.29, 1.82) is 10.5 Å². The average molecular weight is 1840 g/mol. The second-order valence-electron chi connectivity index (χ2n) is 36.9. The number of benzene rings is 20. The smallest absolute Gasteiger partial charge is 0.154 e. The molecule has 0 unspecified atom stereocenters. The molecule has 2 aromatic heterocycles. The van der Waals surface area contributed by atoms with Gasteiger partial charge in [-0.3, -0.25) is 0 Å². The van der Waals surface area contributed by atoms with Gasteiger partial charge in [-0.05, 0) is 253 Å². The zero-order valence-electron chi connectivity index (χ0n) is 78.1.